The van der Waals surface area contributed by atoms with E-state index in [-0.39, 0.29) is 6.04 Å². The van der Waals surface area contributed by atoms with Crippen LogP contribution in [0.3, 0.4) is 0 Å². The van der Waals surface area contributed by atoms with Gasteiger partial charge in [-0.05, 0) is 18.4 Å². The highest BCUT2D eigenvalue weighted by atomic mass is 15.4. The molecule has 2 N–H and O–H groups in total. The van der Waals surface area contributed by atoms with E-state index in [9.17, 15) is 0 Å². The van der Waals surface area contributed by atoms with Crippen LogP contribution in [0.5, 0.6) is 0 Å². The zero-order valence-electron chi connectivity index (χ0n) is 10.1. The second kappa shape index (κ2) is 5.59. The van der Waals surface area contributed by atoms with E-state index in [1.807, 2.05) is 23.9 Å². The SMILES string of the molecule is CCC(N)c1cn(CCc2ccccc2)nn1. The van der Waals surface area contributed by atoms with Crippen molar-refractivity contribution in [1.82, 2.24) is 15.0 Å². The molecule has 0 aliphatic rings. The molecule has 2 aromatic rings. The molecule has 0 radical (unpaired) electrons. The number of nitrogens with zero attached hydrogens (tertiary/aromatic N) is 3. The van der Waals surface area contributed by atoms with E-state index < -0.39 is 0 Å². The highest BCUT2D eigenvalue weighted by molar-refractivity contribution is 5.14. The molecule has 0 fully saturated rings. The summed E-state index contributed by atoms with van der Waals surface area (Å²) in [4.78, 5) is 0. The van der Waals surface area contributed by atoms with E-state index in [0.717, 1.165) is 25.1 Å². The Hall–Kier alpha value is -1.68. The molecule has 2 rings (SSSR count). The first-order valence-corrected chi connectivity index (χ1v) is 5.99. The third-order valence-electron chi connectivity index (χ3n) is 2.85. The van der Waals surface area contributed by atoms with E-state index in [4.69, 9.17) is 5.73 Å². The molecule has 4 nitrogen and oxygen atoms in total. The maximum Gasteiger partial charge on any atom is 0.0993 e. The molecule has 90 valence electrons. The summed E-state index contributed by atoms with van der Waals surface area (Å²) in [6.45, 7) is 2.89. The van der Waals surface area contributed by atoms with Gasteiger partial charge in [-0.2, -0.15) is 0 Å². The van der Waals surface area contributed by atoms with Gasteiger partial charge in [0.05, 0.1) is 17.9 Å². The van der Waals surface area contributed by atoms with E-state index in [1.54, 1.807) is 0 Å². The molecule has 0 saturated heterocycles. The lowest BCUT2D eigenvalue weighted by Crippen LogP contribution is -2.08. The molecule has 17 heavy (non-hydrogen) atoms. The van der Waals surface area contributed by atoms with E-state index in [1.165, 1.54) is 5.56 Å². The molecular weight excluding hydrogens is 212 g/mol. The van der Waals surface area contributed by atoms with Gasteiger partial charge in [0.15, 0.2) is 0 Å². The van der Waals surface area contributed by atoms with Crippen molar-refractivity contribution in [3.8, 4) is 0 Å². The standard InChI is InChI=1S/C13H18N4/c1-2-12(14)13-10-17(16-15-13)9-8-11-6-4-3-5-7-11/h3-7,10,12H,2,8-9,14H2,1H3. The fourth-order valence-electron chi connectivity index (χ4n) is 1.69. The zero-order valence-corrected chi connectivity index (χ0v) is 10.1. The first kappa shape index (κ1) is 11.8. The number of nitrogens with two attached hydrogens (primary N) is 1. The highest BCUT2D eigenvalue weighted by Gasteiger charge is 2.07. The topological polar surface area (TPSA) is 56.7 Å². The Morgan fingerprint density at radius 3 is 2.76 bits per heavy atom. The van der Waals surface area contributed by atoms with Crippen LogP contribution in [0.25, 0.3) is 0 Å². The van der Waals surface area contributed by atoms with Gasteiger partial charge in [0.25, 0.3) is 0 Å². The molecular formula is C13H18N4. The molecule has 0 saturated carbocycles. The summed E-state index contributed by atoms with van der Waals surface area (Å²) in [6.07, 6.45) is 3.79. The Balaban J connectivity index is 1.94. The molecule has 0 aliphatic heterocycles. The molecule has 0 bridgehead atoms. The van der Waals surface area contributed by atoms with E-state index >= 15 is 0 Å². The minimum absolute atomic E-state index is 0.000440. The van der Waals surface area contributed by atoms with Crippen LogP contribution in [0.4, 0.5) is 0 Å². The summed E-state index contributed by atoms with van der Waals surface area (Å²) in [5.41, 5.74) is 8.08. The van der Waals surface area contributed by atoms with Crippen molar-refractivity contribution in [2.75, 3.05) is 0 Å². The predicted molar refractivity (Wildman–Crippen MR) is 67.4 cm³/mol. The van der Waals surface area contributed by atoms with Gasteiger partial charge in [0, 0.05) is 6.54 Å². The average Bonchev–Trinajstić information content (AvgIpc) is 2.85. The summed E-state index contributed by atoms with van der Waals surface area (Å²) in [5.74, 6) is 0. The van der Waals surface area contributed by atoms with Gasteiger partial charge < -0.3 is 5.73 Å². The first-order valence-electron chi connectivity index (χ1n) is 5.99. The van der Waals surface area contributed by atoms with Gasteiger partial charge in [-0.3, -0.25) is 4.68 Å². The molecule has 0 spiro atoms. The normalized spacial score (nSPS) is 12.6. The molecule has 0 amide bonds. The second-order valence-corrected chi connectivity index (χ2v) is 4.16. The zero-order chi connectivity index (χ0) is 12.1. The van der Waals surface area contributed by atoms with Crippen molar-refractivity contribution in [2.45, 2.75) is 32.4 Å². The van der Waals surface area contributed by atoms with Gasteiger partial charge >= 0.3 is 0 Å². The van der Waals surface area contributed by atoms with Crippen LogP contribution in [-0.4, -0.2) is 15.0 Å². The van der Waals surface area contributed by atoms with Crippen molar-refractivity contribution < 1.29 is 0 Å². The third-order valence-corrected chi connectivity index (χ3v) is 2.85. The number of rotatable bonds is 5. The Morgan fingerprint density at radius 1 is 1.29 bits per heavy atom. The van der Waals surface area contributed by atoms with Crippen LogP contribution in [0.1, 0.15) is 30.6 Å². The molecule has 1 aromatic heterocycles. The third kappa shape index (κ3) is 3.14. The maximum atomic E-state index is 5.90. The first-order chi connectivity index (χ1) is 8.29. The second-order valence-electron chi connectivity index (χ2n) is 4.16. The Labute approximate surface area is 101 Å². The largest absolute Gasteiger partial charge is 0.323 e. The van der Waals surface area contributed by atoms with Crippen molar-refractivity contribution in [3.63, 3.8) is 0 Å². The Bertz CT molecular complexity index is 449. The van der Waals surface area contributed by atoms with Gasteiger partial charge in [-0.1, -0.05) is 42.5 Å². The van der Waals surface area contributed by atoms with Crippen LogP contribution in [0.2, 0.25) is 0 Å². The lowest BCUT2D eigenvalue weighted by molar-refractivity contribution is 0.588. The number of aryl methyl sites for hydroxylation is 2. The predicted octanol–water partition coefficient (Wildman–Crippen LogP) is 1.93. The minimum atomic E-state index is 0.000440. The van der Waals surface area contributed by atoms with Gasteiger partial charge in [-0.15, -0.1) is 5.10 Å². The average molecular weight is 230 g/mol. The molecule has 0 aliphatic carbocycles. The van der Waals surface area contributed by atoms with Crippen molar-refractivity contribution in [3.05, 3.63) is 47.8 Å². The minimum Gasteiger partial charge on any atom is -0.323 e. The fraction of sp³-hybridized carbons (Fsp3) is 0.385. The molecule has 1 aromatic carbocycles. The van der Waals surface area contributed by atoms with Gasteiger partial charge in [0.1, 0.15) is 0 Å². The summed E-state index contributed by atoms with van der Waals surface area (Å²) in [6, 6.07) is 10.4. The molecule has 1 heterocycles. The quantitative estimate of drug-likeness (QED) is 0.854. The van der Waals surface area contributed by atoms with Crippen molar-refractivity contribution in [1.29, 1.82) is 0 Å². The van der Waals surface area contributed by atoms with Crippen LogP contribution in [0, 0.1) is 0 Å². The van der Waals surface area contributed by atoms with Gasteiger partial charge in [0.2, 0.25) is 0 Å². The summed E-state index contributed by atoms with van der Waals surface area (Å²) in [7, 11) is 0. The highest BCUT2D eigenvalue weighted by Crippen LogP contribution is 2.09. The van der Waals surface area contributed by atoms with Crippen LogP contribution >= 0.6 is 0 Å². The lowest BCUT2D eigenvalue weighted by atomic mass is 10.1. The molecule has 1 unspecified atom stereocenters. The Kier molecular flexibility index (Phi) is 3.88. The lowest BCUT2D eigenvalue weighted by Gasteiger charge is -2.02. The number of benzene rings is 1. The summed E-state index contributed by atoms with van der Waals surface area (Å²) >= 11 is 0. The fourth-order valence-corrected chi connectivity index (χ4v) is 1.69. The number of hydrogen-bond acceptors (Lipinski definition) is 3. The van der Waals surface area contributed by atoms with Crippen molar-refractivity contribution >= 4 is 0 Å². The number of aromatic nitrogens is 3. The van der Waals surface area contributed by atoms with Gasteiger partial charge in [-0.25, -0.2) is 0 Å². The smallest absolute Gasteiger partial charge is 0.0993 e. The number of hydrogen-bond donors (Lipinski definition) is 1. The summed E-state index contributed by atoms with van der Waals surface area (Å²) < 4.78 is 1.86. The maximum absolute atomic E-state index is 5.90. The van der Waals surface area contributed by atoms with Crippen LogP contribution < -0.4 is 5.73 Å². The van der Waals surface area contributed by atoms with Crippen LogP contribution in [-0.2, 0) is 13.0 Å². The van der Waals surface area contributed by atoms with E-state index in [2.05, 4.69) is 34.6 Å². The monoisotopic (exact) mass is 230 g/mol. The van der Waals surface area contributed by atoms with Crippen LogP contribution in [0.15, 0.2) is 36.5 Å². The Morgan fingerprint density at radius 2 is 2.06 bits per heavy atom. The molecule has 4 heteroatoms. The molecule has 1 atom stereocenters. The van der Waals surface area contributed by atoms with Crippen molar-refractivity contribution in [2.24, 2.45) is 5.73 Å². The summed E-state index contributed by atoms with van der Waals surface area (Å²) in [5, 5.41) is 8.17. The van der Waals surface area contributed by atoms with E-state index in [0.29, 0.717) is 0 Å².